The number of nitrogens with one attached hydrogen (secondary N) is 2. The molecule has 3 N–H and O–H groups in total. The van der Waals surface area contributed by atoms with Gasteiger partial charge < -0.3 is 14.4 Å². The standard InChI is InChI=1S/C14H20N3O8P/c1-8-6-17(14(20)15-12(8)18)11-5-4-10(25-11)7-24-26(21,22)16-9(2)13(19)23-3/h4-6,9-11H,7H2,1-3H3,(H,15,18,20)(H2,16,21,22). The van der Waals surface area contributed by atoms with Gasteiger partial charge in [0.15, 0.2) is 6.23 Å². The van der Waals surface area contributed by atoms with Gasteiger partial charge in [0.25, 0.3) is 5.56 Å². The van der Waals surface area contributed by atoms with Gasteiger partial charge in [0.1, 0.15) is 12.1 Å². The van der Waals surface area contributed by atoms with Crippen LogP contribution in [-0.2, 0) is 23.4 Å². The average Bonchev–Trinajstić information content (AvgIpc) is 3.04. The van der Waals surface area contributed by atoms with E-state index in [2.05, 4.69) is 14.8 Å². The SMILES string of the molecule is COC(=O)C(C)NP(=O)(O)OCC1C=CC(n2cc(C)c(=O)[nH]c2=O)O1. The van der Waals surface area contributed by atoms with Gasteiger partial charge >= 0.3 is 19.4 Å². The first kappa shape index (κ1) is 20.3. The summed E-state index contributed by atoms with van der Waals surface area (Å²) in [4.78, 5) is 46.4. The fourth-order valence-corrected chi connectivity index (χ4v) is 3.22. The number of rotatable bonds is 7. The molecule has 0 saturated carbocycles. The first-order valence-electron chi connectivity index (χ1n) is 7.62. The van der Waals surface area contributed by atoms with Gasteiger partial charge in [0, 0.05) is 11.8 Å². The summed E-state index contributed by atoms with van der Waals surface area (Å²) in [6, 6.07) is -1.04. The summed E-state index contributed by atoms with van der Waals surface area (Å²) < 4.78 is 28.0. The second-order valence-corrected chi connectivity index (χ2v) is 7.18. The van der Waals surface area contributed by atoms with Gasteiger partial charge in [-0.25, -0.2) is 14.4 Å². The van der Waals surface area contributed by atoms with Crippen molar-refractivity contribution in [3.63, 3.8) is 0 Å². The Morgan fingerprint density at radius 3 is 2.85 bits per heavy atom. The molecule has 1 aliphatic rings. The molecular formula is C14H20N3O8P. The highest BCUT2D eigenvalue weighted by Gasteiger charge is 2.29. The lowest BCUT2D eigenvalue weighted by atomic mass is 10.3. The lowest BCUT2D eigenvalue weighted by Gasteiger charge is -2.20. The number of aryl methyl sites for hydroxylation is 1. The number of aromatic amines is 1. The Balaban J connectivity index is 1.94. The van der Waals surface area contributed by atoms with Crippen molar-refractivity contribution in [2.75, 3.05) is 13.7 Å². The Kier molecular flexibility index (Phi) is 6.32. The second kappa shape index (κ2) is 8.11. The topological polar surface area (TPSA) is 149 Å². The molecule has 1 aromatic rings. The second-order valence-electron chi connectivity index (χ2n) is 5.62. The van der Waals surface area contributed by atoms with E-state index in [-0.39, 0.29) is 6.61 Å². The average molecular weight is 389 g/mol. The predicted octanol–water partition coefficient (Wildman–Crippen LogP) is -0.433. The summed E-state index contributed by atoms with van der Waals surface area (Å²) >= 11 is 0. The molecule has 4 unspecified atom stereocenters. The monoisotopic (exact) mass is 389 g/mol. The van der Waals surface area contributed by atoms with E-state index in [0.29, 0.717) is 5.56 Å². The van der Waals surface area contributed by atoms with Crippen LogP contribution in [0.5, 0.6) is 0 Å². The van der Waals surface area contributed by atoms with Crippen molar-refractivity contribution in [1.82, 2.24) is 14.6 Å². The number of esters is 1. The first-order valence-corrected chi connectivity index (χ1v) is 9.19. The maximum Gasteiger partial charge on any atom is 0.403 e. The van der Waals surface area contributed by atoms with Crippen LogP contribution in [-0.4, -0.2) is 46.3 Å². The molecule has 0 spiro atoms. The lowest BCUT2D eigenvalue weighted by Crippen LogP contribution is -2.34. The van der Waals surface area contributed by atoms with E-state index >= 15 is 0 Å². The number of aromatic nitrogens is 2. The molecule has 0 aliphatic carbocycles. The highest BCUT2D eigenvalue weighted by Crippen LogP contribution is 2.38. The molecule has 4 atom stereocenters. The molecular weight excluding hydrogens is 369 g/mol. The third-order valence-corrected chi connectivity index (χ3v) is 4.76. The molecule has 2 rings (SSSR count). The van der Waals surface area contributed by atoms with Crippen LogP contribution in [0, 0.1) is 6.92 Å². The van der Waals surface area contributed by atoms with Crippen LogP contribution in [0.4, 0.5) is 0 Å². The van der Waals surface area contributed by atoms with Crippen molar-refractivity contribution in [2.45, 2.75) is 32.2 Å². The molecule has 0 amide bonds. The minimum atomic E-state index is -4.26. The quantitative estimate of drug-likeness (QED) is 0.321. The van der Waals surface area contributed by atoms with Crippen LogP contribution >= 0.6 is 7.75 Å². The summed E-state index contributed by atoms with van der Waals surface area (Å²) in [5, 5.41) is 2.14. The van der Waals surface area contributed by atoms with E-state index in [1.165, 1.54) is 17.7 Å². The van der Waals surface area contributed by atoms with Crippen molar-refractivity contribution in [3.05, 3.63) is 44.8 Å². The van der Waals surface area contributed by atoms with Gasteiger partial charge in [-0.1, -0.05) is 6.08 Å². The molecule has 12 heteroatoms. The van der Waals surface area contributed by atoms with Crippen LogP contribution in [0.15, 0.2) is 27.9 Å². The Hall–Kier alpha value is -2.04. The Bertz CT molecular complexity index is 860. The zero-order chi connectivity index (χ0) is 19.5. The van der Waals surface area contributed by atoms with Crippen molar-refractivity contribution < 1.29 is 28.3 Å². The molecule has 1 aromatic heterocycles. The van der Waals surface area contributed by atoms with Gasteiger partial charge in [0.05, 0.1) is 13.7 Å². The minimum Gasteiger partial charge on any atom is -0.468 e. The fourth-order valence-electron chi connectivity index (χ4n) is 2.20. The molecule has 0 bridgehead atoms. The van der Waals surface area contributed by atoms with E-state index in [1.54, 1.807) is 19.1 Å². The molecule has 0 radical (unpaired) electrons. The van der Waals surface area contributed by atoms with Crippen LogP contribution in [0.3, 0.4) is 0 Å². The highest BCUT2D eigenvalue weighted by molar-refractivity contribution is 7.50. The van der Waals surface area contributed by atoms with Crippen LogP contribution in [0.25, 0.3) is 0 Å². The number of carbonyl (C=O) groups is 1. The molecule has 144 valence electrons. The molecule has 11 nitrogen and oxygen atoms in total. The largest absolute Gasteiger partial charge is 0.468 e. The predicted molar refractivity (Wildman–Crippen MR) is 89.5 cm³/mol. The van der Waals surface area contributed by atoms with Crippen molar-refractivity contribution >= 4 is 13.7 Å². The molecule has 2 heterocycles. The number of hydrogen-bond acceptors (Lipinski definition) is 7. The van der Waals surface area contributed by atoms with Gasteiger partial charge in [-0.15, -0.1) is 0 Å². The van der Waals surface area contributed by atoms with Crippen molar-refractivity contribution in [2.24, 2.45) is 0 Å². The number of H-pyrrole nitrogens is 1. The zero-order valence-electron chi connectivity index (χ0n) is 14.4. The molecule has 26 heavy (non-hydrogen) atoms. The number of hydrogen-bond donors (Lipinski definition) is 3. The third kappa shape index (κ3) is 4.99. The maximum atomic E-state index is 11.9. The molecule has 1 aliphatic heterocycles. The molecule has 0 fully saturated rings. The fraction of sp³-hybridized carbons (Fsp3) is 0.500. The van der Waals surface area contributed by atoms with Crippen LogP contribution < -0.4 is 16.3 Å². The van der Waals surface area contributed by atoms with E-state index in [1.807, 2.05) is 0 Å². The molecule has 0 saturated heterocycles. The number of carbonyl (C=O) groups excluding carboxylic acids is 1. The smallest absolute Gasteiger partial charge is 0.403 e. The van der Waals surface area contributed by atoms with Gasteiger partial charge in [0.2, 0.25) is 0 Å². The first-order chi connectivity index (χ1) is 12.1. The van der Waals surface area contributed by atoms with E-state index < -0.39 is 43.3 Å². The van der Waals surface area contributed by atoms with E-state index in [4.69, 9.17) is 9.26 Å². The highest BCUT2D eigenvalue weighted by atomic mass is 31.2. The summed E-state index contributed by atoms with van der Waals surface area (Å²) in [5.74, 6) is -0.715. The molecule has 0 aromatic carbocycles. The Labute approximate surface area is 148 Å². The minimum absolute atomic E-state index is 0.293. The van der Waals surface area contributed by atoms with Crippen LogP contribution in [0.2, 0.25) is 0 Å². The van der Waals surface area contributed by atoms with Crippen molar-refractivity contribution in [1.29, 1.82) is 0 Å². The lowest BCUT2D eigenvalue weighted by molar-refractivity contribution is -0.142. The number of nitrogens with zero attached hydrogens (tertiary/aromatic N) is 1. The van der Waals surface area contributed by atoms with Crippen LogP contribution in [0.1, 0.15) is 18.7 Å². The van der Waals surface area contributed by atoms with Gasteiger partial charge in [-0.3, -0.25) is 23.7 Å². The van der Waals surface area contributed by atoms with E-state index in [0.717, 1.165) is 7.11 Å². The van der Waals surface area contributed by atoms with Gasteiger partial charge in [-0.05, 0) is 19.9 Å². The van der Waals surface area contributed by atoms with Gasteiger partial charge in [-0.2, -0.15) is 0 Å². The maximum absolute atomic E-state index is 11.9. The zero-order valence-corrected chi connectivity index (χ0v) is 15.3. The summed E-state index contributed by atoms with van der Waals surface area (Å²) in [6.45, 7) is 2.61. The van der Waals surface area contributed by atoms with E-state index in [9.17, 15) is 23.8 Å². The normalized spacial score (nSPS) is 22.8. The Morgan fingerprint density at radius 1 is 1.50 bits per heavy atom. The Morgan fingerprint density at radius 2 is 2.19 bits per heavy atom. The third-order valence-electron chi connectivity index (χ3n) is 3.55. The summed E-state index contributed by atoms with van der Waals surface area (Å²) in [7, 11) is -3.11. The van der Waals surface area contributed by atoms with Crippen molar-refractivity contribution in [3.8, 4) is 0 Å². The summed E-state index contributed by atoms with van der Waals surface area (Å²) in [6.07, 6.45) is 2.98. The number of ether oxygens (including phenoxy) is 2. The number of methoxy groups -OCH3 is 1. The summed E-state index contributed by atoms with van der Waals surface area (Å²) in [5.41, 5.74) is -0.791.